The van der Waals surface area contributed by atoms with Crippen molar-refractivity contribution in [1.82, 2.24) is 19.1 Å². The zero-order chi connectivity index (χ0) is 40.3. The average molecular weight is 1310 g/mol. The van der Waals surface area contributed by atoms with E-state index < -0.39 is 63.3 Å². The van der Waals surface area contributed by atoms with Crippen molar-refractivity contribution in [3.8, 4) is 0 Å². The fourth-order valence-electron chi connectivity index (χ4n) is 5.05. The van der Waals surface area contributed by atoms with Crippen molar-refractivity contribution >= 4 is 108 Å². The quantitative estimate of drug-likeness (QED) is 0.127. The van der Waals surface area contributed by atoms with Gasteiger partial charge in [0.1, 0.15) is 23.3 Å². The number of aromatic carboxylic acids is 1. The molecule has 0 amide bonds. The number of nitrogens with one attached hydrogen (secondary N) is 2. The predicted molar refractivity (Wildman–Crippen MR) is 223 cm³/mol. The summed E-state index contributed by atoms with van der Waals surface area (Å²) >= 11 is 9.54. The van der Waals surface area contributed by atoms with Gasteiger partial charge in [-0.25, -0.2) is 36.7 Å². The van der Waals surface area contributed by atoms with Crippen LogP contribution in [-0.4, -0.2) is 43.3 Å². The van der Waals surface area contributed by atoms with Crippen molar-refractivity contribution in [2.75, 3.05) is 7.11 Å². The van der Waals surface area contributed by atoms with E-state index in [1.54, 1.807) is 0 Å². The van der Waals surface area contributed by atoms with E-state index in [-0.39, 0.29) is 40.5 Å². The van der Waals surface area contributed by atoms with Crippen molar-refractivity contribution in [3.63, 3.8) is 0 Å². The van der Waals surface area contributed by atoms with Gasteiger partial charge in [-0.1, -0.05) is 24.3 Å². The molecule has 54 heavy (non-hydrogen) atoms. The molecule has 0 unspecified atom stereocenters. The largest absolute Gasteiger partial charge is 0.478 e. The van der Waals surface area contributed by atoms with Gasteiger partial charge in [-0.2, -0.15) is 0 Å². The van der Waals surface area contributed by atoms with Crippen LogP contribution in [0.4, 0.5) is 17.6 Å². The third-order valence-corrected chi connectivity index (χ3v) is 7.33. The molecule has 0 aliphatic heterocycles. The number of carbonyl (C=O) groups excluding carboxylic acids is 1. The molecular weight excluding hydrogens is 1290 g/mol. The molecule has 2 heterocycles. The molecule has 6 rings (SSSR count). The molecule has 0 aliphatic rings. The minimum atomic E-state index is -1.45. The zero-order valence-electron chi connectivity index (χ0n) is 26.9. The van der Waals surface area contributed by atoms with Crippen LogP contribution >= 0.6 is 74.5 Å². The number of hydrogen-bond donors (Lipinski definition) is 3. The van der Waals surface area contributed by atoms with E-state index in [9.17, 15) is 46.3 Å². The van der Waals surface area contributed by atoms with Crippen LogP contribution in [0.3, 0.4) is 0 Å². The number of methoxy groups -OCH3 is 1. The predicted octanol–water partition coefficient (Wildman–Crippen LogP) is 4.06. The molecule has 0 spiro atoms. The summed E-state index contributed by atoms with van der Waals surface area (Å²) in [6.45, 7) is -0.254. The number of aromatic amines is 2. The van der Waals surface area contributed by atoms with E-state index >= 15 is 0 Å². The number of carboxylic acid groups (broad SMARTS) is 1. The second-order valence-electron chi connectivity index (χ2n) is 10.4. The Labute approximate surface area is 353 Å². The van der Waals surface area contributed by atoms with E-state index in [2.05, 4.69) is 79.2 Å². The number of H-pyrrole nitrogens is 2. The Morgan fingerprint density at radius 2 is 1.07 bits per heavy atom. The second-order valence-corrected chi connectivity index (χ2v) is 26.7. The first kappa shape index (κ1) is 45.5. The van der Waals surface area contributed by atoms with Crippen LogP contribution < -0.4 is 35.8 Å². The first-order valence-corrected chi connectivity index (χ1v) is 33.3. The van der Waals surface area contributed by atoms with Crippen LogP contribution in [-0.2, 0) is 17.8 Å². The standard InChI is InChI=1S/C17H12F2N2O4.C16H10F2N2O4.I3.I2/c1-25-16(23)10-7-9(5-6-11(10)18)8-21-13-4-2-3-12(19)14(13)15(22)20-17(21)24;17-10-5-4-8(6-9(10)15(22)23)7-20-12-3-1-2-11(18)13(12)14(21)19-16(20)24;1-3-2;1-2/h2-7H,8H2,1H3,(H,20,22,24);1-6H,7H2,(H,22,23)(H,19,21,24);;/q;;-1;. The summed E-state index contributed by atoms with van der Waals surface area (Å²) < 4.78 is 61.7. The molecule has 0 bridgehead atoms. The van der Waals surface area contributed by atoms with Crippen LogP contribution in [0, 0.1) is 23.3 Å². The van der Waals surface area contributed by atoms with Crippen molar-refractivity contribution in [3.05, 3.63) is 160 Å². The van der Waals surface area contributed by atoms with Crippen LogP contribution in [0.2, 0.25) is 0 Å². The second kappa shape index (κ2) is 21.4. The van der Waals surface area contributed by atoms with E-state index in [1.165, 1.54) is 42.5 Å². The van der Waals surface area contributed by atoms with Crippen molar-refractivity contribution in [1.29, 1.82) is 0 Å². The van der Waals surface area contributed by atoms with Gasteiger partial charge in [0.15, 0.2) is 0 Å². The maximum absolute atomic E-state index is 13.9. The number of carbonyl (C=O) groups is 2. The molecule has 286 valence electrons. The summed E-state index contributed by atoms with van der Waals surface area (Å²) in [6, 6.07) is 14.8. The Balaban J connectivity index is 0.000000260. The Kier molecular flexibility index (Phi) is 18.0. The molecule has 6 aromatic rings. The fraction of sp³-hybridized carbons (Fsp3) is 0.0909. The SMILES string of the molecule is COC(=O)c1cc(Cn2c(=O)[nH]c(=O)c3c(F)cccc32)ccc1F.II.I[I-]I.O=C(O)c1cc(Cn2c(=O)[nH]c(=O)c3c(F)cccc32)ccc1F. The van der Waals surface area contributed by atoms with E-state index in [0.29, 0.717) is 24.4 Å². The van der Waals surface area contributed by atoms with Gasteiger partial charge in [0.2, 0.25) is 0 Å². The maximum atomic E-state index is 13.9. The minimum Gasteiger partial charge on any atom is -0.478 e. The van der Waals surface area contributed by atoms with Crippen LogP contribution in [0.15, 0.2) is 92.0 Å². The summed E-state index contributed by atoms with van der Waals surface area (Å²) in [5.74, 6) is -5.52. The van der Waals surface area contributed by atoms with Crippen LogP contribution in [0.1, 0.15) is 31.8 Å². The Bertz CT molecular complexity index is 2580. The van der Waals surface area contributed by atoms with Gasteiger partial charge < -0.3 is 9.84 Å². The van der Waals surface area contributed by atoms with Gasteiger partial charge in [0, 0.05) is 37.2 Å². The summed E-state index contributed by atoms with van der Waals surface area (Å²) in [5.41, 5.74) is -3.16. The normalized spacial score (nSPS) is 10.4. The van der Waals surface area contributed by atoms with Crippen LogP contribution in [0.25, 0.3) is 21.8 Å². The van der Waals surface area contributed by atoms with Gasteiger partial charge >= 0.3 is 73.8 Å². The molecule has 12 nitrogen and oxygen atoms in total. The number of hydrogen-bond acceptors (Lipinski definition) is 7. The van der Waals surface area contributed by atoms with E-state index in [1.807, 2.05) is 9.97 Å². The molecule has 0 radical (unpaired) electrons. The Morgan fingerprint density at radius 3 is 1.46 bits per heavy atom. The van der Waals surface area contributed by atoms with Crippen LogP contribution in [0.5, 0.6) is 0 Å². The Morgan fingerprint density at radius 1 is 0.685 bits per heavy atom. The third kappa shape index (κ3) is 11.1. The number of fused-ring (bicyclic) bond motifs is 2. The zero-order valence-corrected chi connectivity index (χ0v) is 37.7. The first-order valence-electron chi connectivity index (χ1n) is 14.4. The molecule has 2 aromatic heterocycles. The first-order chi connectivity index (χ1) is 25.7. The fourth-order valence-corrected chi connectivity index (χ4v) is 5.05. The molecule has 4 aromatic carbocycles. The summed E-state index contributed by atoms with van der Waals surface area (Å²) in [5, 5.41) is 8.42. The summed E-state index contributed by atoms with van der Waals surface area (Å²) in [6.07, 6.45) is 0. The number of aromatic nitrogens is 4. The van der Waals surface area contributed by atoms with Gasteiger partial charge in [-0.15, -0.1) is 0 Å². The summed E-state index contributed by atoms with van der Waals surface area (Å²) in [4.78, 5) is 74.4. The number of esters is 1. The van der Waals surface area contributed by atoms with Gasteiger partial charge in [-0.3, -0.25) is 28.7 Å². The number of halogens is 9. The number of carboxylic acids is 1. The smallest absolute Gasteiger partial charge is 0.338 e. The average Bonchev–Trinajstić information content (AvgIpc) is 3.13. The van der Waals surface area contributed by atoms with Crippen molar-refractivity contribution in [2.24, 2.45) is 0 Å². The van der Waals surface area contributed by atoms with E-state index in [0.717, 1.165) is 46.6 Å². The molecule has 0 atom stereocenters. The minimum absolute atomic E-state index is 0.0601. The Hall–Kier alpha value is -2.93. The van der Waals surface area contributed by atoms with Gasteiger partial charge in [-0.05, 0) is 59.7 Å². The molecule has 0 saturated carbocycles. The molecule has 3 N–H and O–H groups in total. The monoisotopic (exact) mass is 1310 g/mol. The topological polar surface area (TPSA) is 173 Å². The number of rotatable bonds is 6. The van der Waals surface area contributed by atoms with Crippen molar-refractivity contribution in [2.45, 2.75) is 13.1 Å². The molecular formula is C33H22F4I5N4O8-. The van der Waals surface area contributed by atoms with Crippen molar-refractivity contribution < 1.29 is 50.2 Å². The number of ether oxygens (including phenoxy) is 1. The molecule has 0 saturated heterocycles. The van der Waals surface area contributed by atoms with Gasteiger partial charge in [0.05, 0.1) is 53.1 Å². The third-order valence-electron chi connectivity index (χ3n) is 7.33. The number of nitrogens with zero attached hydrogens (tertiary/aromatic N) is 2. The van der Waals surface area contributed by atoms with E-state index in [4.69, 9.17) is 5.11 Å². The molecule has 0 aliphatic carbocycles. The van der Waals surface area contributed by atoms with Gasteiger partial charge in [0.25, 0.3) is 11.1 Å². The molecule has 0 fully saturated rings. The maximum Gasteiger partial charge on any atom is 0.338 e. The molecule has 21 heteroatoms. The summed E-state index contributed by atoms with van der Waals surface area (Å²) in [7, 11) is 1.12. The number of benzene rings is 4.